The number of hydrogen-bond acceptors (Lipinski definition) is 7. The number of benzene rings is 1. The lowest BCUT2D eigenvalue weighted by atomic mass is 9.76. The highest BCUT2D eigenvalue weighted by Gasteiger charge is 2.53. The maximum atomic E-state index is 13.2. The van der Waals surface area contributed by atoms with E-state index in [1.165, 1.54) is 0 Å². The van der Waals surface area contributed by atoms with Crippen molar-refractivity contribution in [1.29, 1.82) is 0 Å². The van der Waals surface area contributed by atoms with Crippen molar-refractivity contribution < 1.29 is 28.5 Å². The largest absolute Gasteiger partial charge is 0.463 e. The molecule has 1 aromatic carbocycles. The monoisotopic (exact) mass is 396 g/mol. The molecular weight excluding hydrogens is 376 g/mol. The van der Waals surface area contributed by atoms with Gasteiger partial charge in [-0.3, -0.25) is 9.78 Å². The molecule has 4 atom stereocenters. The van der Waals surface area contributed by atoms with E-state index >= 15 is 0 Å². The summed E-state index contributed by atoms with van der Waals surface area (Å²) in [5.74, 6) is 0.504. The van der Waals surface area contributed by atoms with Crippen LogP contribution in [0.3, 0.4) is 0 Å². The minimum Gasteiger partial charge on any atom is -0.463 e. The van der Waals surface area contributed by atoms with Crippen LogP contribution in [0.2, 0.25) is 0 Å². The van der Waals surface area contributed by atoms with Gasteiger partial charge in [0.15, 0.2) is 17.6 Å². The molecule has 4 unspecified atom stereocenters. The highest BCUT2D eigenvalue weighted by Crippen LogP contribution is 2.48. The number of hydrogen-bond donors (Lipinski definition) is 0. The van der Waals surface area contributed by atoms with Gasteiger partial charge in [-0.15, -0.1) is 0 Å². The van der Waals surface area contributed by atoms with Crippen LogP contribution in [0.5, 0.6) is 11.5 Å². The Labute approximate surface area is 166 Å². The summed E-state index contributed by atoms with van der Waals surface area (Å²) >= 11 is 0. The summed E-state index contributed by atoms with van der Waals surface area (Å²) in [4.78, 5) is 32.3. The Kier molecular flexibility index (Phi) is 3.56. The average molecular weight is 396 g/mol. The number of nitrogens with zero attached hydrogens (tertiary/aromatic N) is 2. The van der Waals surface area contributed by atoms with Crippen LogP contribution in [0, 0.1) is 11.8 Å². The van der Waals surface area contributed by atoms with Crippen LogP contribution in [0.25, 0.3) is 10.9 Å². The SMILES string of the molecule is CCOC1C(=O)OCC2C(=O)N3Cc4cc5cc6c(cc5nc4C3CC21)OCO6. The topological polar surface area (TPSA) is 87.2 Å². The molecule has 8 heteroatoms. The predicted molar refractivity (Wildman–Crippen MR) is 99.1 cm³/mol. The molecule has 0 saturated carbocycles. The highest BCUT2D eigenvalue weighted by atomic mass is 16.7. The van der Waals surface area contributed by atoms with Gasteiger partial charge in [0.1, 0.15) is 6.61 Å². The van der Waals surface area contributed by atoms with Crippen molar-refractivity contribution in [3.05, 3.63) is 29.5 Å². The van der Waals surface area contributed by atoms with Crippen molar-refractivity contribution in [2.45, 2.75) is 32.0 Å². The van der Waals surface area contributed by atoms with Crippen molar-refractivity contribution in [1.82, 2.24) is 9.88 Å². The highest BCUT2D eigenvalue weighted by molar-refractivity contribution is 5.87. The number of ether oxygens (including phenoxy) is 4. The second-order valence-corrected chi connectivity index (χ2v) is 7.92. The molecule has 1 amide bonds. The minimum atomic E-state index is -0.692. The van der Waals surface area contributed by atoms with E-state index in [4.69, 9.17) is 23.9 Å². The van der Waals surface area contributed by atoms with E-state index in [9.17, 15) is 9.59 Å². The molecule has 2 aromatic rings. The summed E-state index contributed by atoms with van der Waals surface area (Å²) in [5.41, 5.74) is 2.75. The molecule has 4 aliphatic rings. The molecule has 2 saturated heterocycles. The van der Waals surface area contributed by atoms with Gasteiger partial charge in [0.05, 0.1) is 23.2 Å². The second kappa shape index (κ2) is 6.06. The Hall–Kier alpha value is -2.87. The molecule has 0 bridgehead atoms. The third-order valence-electron chi connectivity index (χ3n) is 6.44. The van der Waals surface area contributed by atoms with Gasteiger partial charge >= 0.3 is 5.97 Å². The van der Waals surface area contributed by atoms with E-state index in [1.807, 2.05) is 24.0 Å². The second-order valence-electron chi connectivity index (χ2n) is 7.92. The van der Waals surface area contributed by atoms with Crippen LogP contribution in [0.4, 0.5) is 0 Å². The van der Waals surface area contributed by atoms with Crippen LogP contribution in [-0.4, -0.2) is 47.9 Å². The maximum Gasteiger partial charge on any atom is 0.335 e. The smallest absolute Gasteiger partial charge is 0.335 e. The fourth-order valence-electron chi connectivity index (χ4n) is 5.10. The Morgan fingerprint density at radius 3 is 2.83 bits per heavy atom. The maximum absolute atomic E-state index is 13.2. The first-order chi connectivity index (χ1) is 14.1. The molecule has 0 N–H and O–H groups in total. The lowest BCUT2D eigenvalue weighted by molar-refractivity contribution is -0.186. The zero-order chi connectivity index (χ0) is 19.7. The molecular formula is C21H20N2O6. The van der Waals surface area contributed by atoms with Crippen LogP contribution in [-0.2, 0) is 25.6 Å². The standard InChI is InChI=1S/C21H20N2O6/c1-2-26-19-12-5-15-18-11(7-23(15)20(24)13(12)8-27-21(19)25)3-10-4-16-17(29-9-28-16)6-14(10)22-18/h3-4,6,12-13,15,19H,2,5,7-9H2,1H3. The molecule has 29 heavy (non-hydrogen) atoms. The fraction of sp³-hybridized carbons (Fsp3) is 0.476. The summed E-state index contributed by atoms with van der Waals surface area (Å²) in [5, 5.41) is 0.961. The van der Waals surface area contributed by atoms with Crippen molar-refractivity contribution >= 4 is 22.8 Å². The van der Waals surface area contributed by atoms with Crippen LogP contribution in [0.15, 0.2) is 18.2 Å². The summed E-state index contributed by atoms with van der Waals surface area (Å²) in [6.45, 7) is 3.11. The lowest BCUT2D eigenvalue weighted by Crippen LogP contribution is -2.55. The zero-order valence-electron chi connectivity index (χ0n) is 15.9. The van der Waals surface area contributed by atoms with Crippen LogP contribution in [0.1, 0.15) is 30.6 Å². The third kappa shape index (κ3) is 2.38. The first-order valence-corrected chi connectivity index (χ1v) is 9.96. The summed E-state index contributed by atoms with van der Waals surface area (Å²) in [6.07, 6.45) is -0.0464. The number of carbonyl (C=O) groups excluding carboxylic acids is 2. The zero-order valence-corrected chi connectivity index (χ0v) is 15.9. The number of piperidine rings is 1. The van der Waals surface area contributed by atoms with E-state index < -0.39 is 6.10 Å². The fourth-order valence-corrected chi connectivity index (χ4v) is 5.10. The van der Waals surface area contributed by atoms with Gasteiger partial charge in [0.25, 0.3) is 0 Å². The van der Waals surface area contributed by atoms with Gasteiger partial charge in [-0.1, -0.05) is 0 Å². The molecule has 8 nitrogen and oxygen atoms in total. The van der Waals surface area contributed by atoms with Crippen LogP contribution >= 0.6 is 0 Å². The summed E-state index contributed by atoms with van der Waals surface area (Å²) in [7, 11) is 0. The predicted octanol–water partition coefficient (Wildman–Crippen LogP) is 1.94. The van der Waals surface area contributed by atoms with Gasteiger partial charge in [-0.2, -0.15) is 0 Å². The molecule has 1 aromatic heterocycles. The number of aromatic nitrogens is 1. The lowest BCUT2D eigenvalue weighted by Gasteiger charge is -2.44. The quantitative estimate of drug-likeness (QED) is 0.717. The first kappa shape index (κ1) is 17.0. The average Bonchev–Trinajstić information content (AvgIpc) is 3.31. The normalized spacial score (nSPS) is 29.5. The van der Waals surface area contributed by atoms with Crippen molar-refractivity contribution in [2.75, 3.05) is 20.0 Å². The minimum absolute atomic E-state index is 0.0136. The summed E-state index contributed by atoms with van der Waals surface area (Å²) < 4.78 is 21.9. The number of fused-ring (bicyclic) bond motifs is 6. The molecule has 0 aliphatic carbocycles. The molecule has 2 fully saturated rings. The molecule has 0 spiro atoms. The third-order valence-corrected chi connectivity index (χ3v) is 6.44. The first-order valence-electron chi connectivity index (χ1n) is 9.96. The number of esters is 1. The van der Waals surface area contributed by atoms with Crippen molar-refractivity contribution in [2.24, 2.45) is 11.8 Å². The molecule has 4 aliphatic heterocycles. The molecule has 150 valence electrons. The molecule has 0 radical (unpaired) electrons. The van der Waals surface area contributed by atoms with Gasteiger partial charge in [-0.25, -0.2) is 4.79 Å². The Morgan fingerprint density at radius 2 is 2.00 bits per heavy atom. The van der Waals surface area contributed by atoms with E-state index in [0.717, 1.165) is 22.2 Å². The molecule has 5 heterocycles. The van der Waals surface area contributed by atoms with Gasteiger partial charge in [0, 0.05) is 30.5 Å². The van der Waals surface area contributed by atoms with E-state index in [0.29, 0.717) is 31.1 Å². The van der Waals surface area contributed by atoms with Gasteiger partial charge in [0.2, 0.25) is 12.7 Å². The summed E-state index contributed by atoms with van der Waals surface area (Å²) in [6, 6.07) is 5.75. The number of rotatable bonds is 2. The number of amides is 1. The Bertz CT molecular complexity index is 1050. The number of pyridine rings is 1. The van der Waals surface area contributed by atoms with E-state index in [-0.39, 0.29) is 43.2 Å². The Morgan fingerprint density at radius 1 is 1.17 bits per heavy atom. The number of carbonyl (C=O) groups is 2. The van der Waals surface area contributed by atoms with Crippen molar-refractivity contribution in [3.63, 3.8) is 0 Å². The number of cyclic esters (lactones) is 1. The van der Waals surface area contributed by atoms with Gasteiger partial charge in [-0.05, 0) is 31.0 Å². The molecule has 6 rings (SSSR count). The van der Waals surface area contributed by atoms with Crippen LogP contribution < -0.4 is 9.47 Å². The van der Waals surface area contributed by atoms with Gasteiger partial charge < -0.3 is 23.8 Å². The van der Waals surface area contributed by atoms with E-state index in [1.54, 1.807) is 0 Å². The Balaban J connectivity index is 1.41. The van der Waals surface area contributed by atoms with E-state index in [2.05, 4.69) is 6.07 Å². The van der Waals surface area contributed by atoms with Crippen molar-refractivity contribution in [3.8, 4) is 11.5 Å².